The highest BCUT2D eigenvalue weighted by atomic mass is 16.5. The van der Waals surface area contributed by atoms with E-state index in [0.717, 1.165) is 18.6 Å². The highest BCUT2D eigenvalue weighted by molar-refractivity contribution is 5.32. The second kappa shape index (κ2) is 3.72. The van der Waals surface area contributed by atoms with E-state index >= 15 is 0 Å². The average Bonchev–Trinajstić information content (AvgIpc) is 3.01. The molecule has 0 bridgehead atoms. The van der Waals surface area contributed by atoms with Crippen LogP contribution >= 0.6 is 0 Å². The summed E-state index contributed by atoms with van der Waals surface area (Å²) in [6.07, 6.45) is 5.83. The van der Waals surface area contributed by atoms with Gasteiger partial charge in [-0.05, 0) is 12.8 Å². The van der Waals surface area contributed by atoms with E-state index in [0.29, 0.717) is 11.8 Å². The summed E-state index contributed by atoms with van der Waals surface area (Å²) in [6.45, 7) is 0. The van der Waals surface area contributed by atoms with Crippen molar-refractivity contribution >= 4 is 0 Å². The van der Waals surface area contributed by atoms with E-state index in [9.17, 15) is 0 Å². The average molecular weight is 192 g/mol. The first-order valence-electron chi connectivity index (χ1n) is 4.61. The second-order valence-electron chi connectivity index (χ2n) is 3.36. The fraction of sp³-hybridized carbons (Fsp3) is 0.500. The van der Waals surface area contributed by atoms with Gasteiger partial charge in [0.25, 0.3) is 0 Å². The number of hydrogen-bond acceptors (Lipinski definition) is 4. The summed E-state index contributed by atoms with van der Waals surface area (Å²) in [5.74, 6) is 0.731. The van der Waals surface area contributed by atoms with Crippen molar-refractivity contribution in [3.8, 4) is 6.07 Å². The number of nitriles is 1. The number of allylic oxidation sites excluding steroid dienone is 2. The van der Waals surface area contributed by atoms with Gasteiger partial charge >= 0.3 is 0 Å². The number of rotatable bonds is 3. The molecule has 2 rings (SSSR count). The molecule has 1 saturated carbocycles. The van der Waals surface area contributed by atoms with E-state index in [-0.39, 0.29) is 6.23 Å². The third-order valence-corrected chi connectivity index (χ3v) is 2.10. The minimum atomic E-state index is -0.261. The molecule has 74 valence electrons. The second-order valence-corrected chi connectivity index (χ2v) is 3.36. The molecule has 1 atom stereocenters. The lowest BCUT2D eigenvalue weighted by molar-refractivity contribution is 0.111. The molecular formula is C10H12N2O2. The first-order chi connectivity index (χ1) is 6.81. The van der Waals surface area contributed by atoms with E-state index < -0.39 is 0 Å². The lowest BCUT2D eigenvalue weighted by Crippen LogP contribution is -2.31. The van der Waals surface area contributed by atoms with Crippen molar-refractivity contribution in [2.24, 2.45) is 0 Å². The van der Waals surface area contributed by atoms with Crippen LogP contribution in [0.2, 0.25) is 0 Å². The predicted molar refractivity (Wildman–Crippen MR) is 49.8 cm³/mol. The Morgan fingerprint density at radius 3 is 2.93 bits per heavy atom. The van der Waals surface area contributed by atoms with Crippen molar-refractivity contribution in [3.63, 3.8) is 0 Å². The van der Waals surface area contributed by atoms with Gasteiger partial charge in [0, 0.05) is 19.3 Å². The van der Waals surface area contributed by atoms with E-state index in [1.54, 1.807) is 13.2 Å². The fourth-order valence-electron chi connectivity index (χ4n) is 1.22. The number of ether oxygens (including phenoxy) is 2. The Morgan fingerprint density at radius 1 is 1.57 bits per heavy atom. The maximum Gasteiger partial charge on any atom is 0.151 e. The zero-order chi connectivity index (χ0) is 9.97. The van der Waals surface area contributed by atoms with Crippen LogP contribution in [0.5, 0.6) is 0 Å². The van der Waals surface area contributed by atoms with Gasteiger partial charge in [-0.25, -0.2) is 0 Å². The summed E-state index contributed by atoms with van der Waals surface area (Å²) in [4.78, 5) is 0. The molecule has 1 fully saturated rings. The quantitative estimate of drug-likeness (QED) is 0.725. The number of dihydropyridines is 1. The molecule has 0 aromatic rings. The molecule has 1 heterocycles. The van der Waals surface area contributed by atoms with E-state index in [2.05, 4.69) is 5.32 Å². The third kappa shape index (κ3) is 2.06. The Balaban J connectivity index is 2.07. The summed E-state index contributed by atoms with van der Waals surface area (Å²) in [7, 11) is 1.59. The van der Waals surface area contributed by atoms with Crippen LogP contribution in [0.3, 0.4) is 0 Å². The predicted octanol–water partition coefficient (Wildman–Crippen LogP) is 1.03. The summed E-state index contributed by atoms with van der Waals surface area (Å²) in [6, 6.07) is 2.04. The van der Waals surface area contributed by atoms with E-state index in [1.807, 2.05) is 12.1 Å². The van der Waals surface area contributed by atoms with Crippen LogP contribution in [0.4, 0.5) is 0 Å². The molecule has 1 unspecified atom stereocenters. The standard InChI is InChI=1S/C10H12N2O2/c1-13-10-5-9(14-8-2-3-8)4-7(6-11)12-10/h4-5,8,10,12H,2-3H2,1H3. The molecule has 14 heavy (non-hydrogen) atoms. The summed E-state index contributed by atoms with van der Waals surface area (Å²) in [5.41, 5.74) is 0.481. The Kier molecular flexibility index (Phi) is 2.42. The maximum atomic E-state index is 8.75. The molecule has 0 amide bonds. The molecule has 0 saturated heterocycles. The van der Waals surface area contributed by atoms with Crippen molar-refractivity contribution in [1.82, 2.24) is 5.32 Å². The van der Waals surface area contributed by atoms with Crippen LogP contribution in [-0.2, 0) is 9.47 Å². The van der Waals surface area contributed by atoms with Crippen LogP contribution < -0.4 is 5.32 Å². The SMILES string of the molecule is COC1C=C(OC2CC2)C=C(C#N)N1. The monoisotopic (exact) mass is 192 g/mol. The highest BCUT2D eigenvalue weighted by Gasteiger charge is 2.25. The van der Waals surface area contributed by atoms with Gasteiger partial charge in [-0.2, -0.15) is 5.26 Å². The van der Waals surface area contributed by atoms with Gasteiger partial charge in [-0.15, -0.1) is 0 Å². The molecule has 0 aromatic heterocycles. The van der Waals surface area contributed by atoms with E-state index in [4.69, 9.17) is 14.7 Å². The largest absolute Gasteiger partial charge is 0.490 e. The molecule has 4 nitrogen and oxygen atoms in total. The Labute approximate surface area is 82.8 Å². The fourth-order valence-corrected chi connectivity index (χ4v) is 1.22. The van der Waals surface area contributed by atoms with Gasteiger partial charge in [0.2, 0.25) is 0 Å². The minimum Gasteiger partial charge on any atom is -0.490 e. The lowest BCUT2D eigenvalue weighted by Gasteiger charge is -2.19. The van der Waals surface area contributed by atoms with Crippen LogP contribution in [0.15, 0.2) is 23.6 Å². The van der Waals surface area contributed by atoms with Crippen LogP contribution in [-0.4, -0.2) is 19.4 Å². The summed E-state index contributed by atoms with van der Waals surface area (Å²) < 4.78 is 10.7. The van der Waals surface area contributed by atoms with Crippen molar-refractivity contribution in [2.45, 2.75) is 25.2 Å². The van der Waals surface area contributed by atoms with Gasteiger partial charge in [-0.3, -0.25) is 0 Å². The molecule has 0 spiro atoms. The number of nitrogens with one attached hydrogen (secondary N) is 1. The zero-order valence-corrected chi connectivity index (χ0v) is 7.99. The molecule has 1 aliphatic heterocycles. The Morgan fingerprint density at radius 2 is 2.36 bits per heavy atom. The van der Waals surface area contributed by atoms with Crippen LogP contribution in [0, 0.1) is 11.3 Å². The molecule has 1 aliphatic carbocycles. The molecule has 0 aromatic carbocycles. The lowest BCUT2D eigenvalue weighted by atomic mass is 10.2. The number of methoxy groups -OCH3 is 1. The number of hydrogen-bond donors (Lipinski definition) is 1. The van der Waals surface area contributed by atoms with Crippen LogP contribution in [0.1, 0.15) is 12.8 Å². The molecule has 2 aliphatic rings. The highest BCUT2D eigenvalue weighted by Crippen LogP contribution is 2.27. The Hall–Kier alpha value is -1.47. The van der Waals surface area contributed by atoms with Gasteiger partial charge in [0.05, 0.1) is 6.10 Å². The number of nitrogens with zero attached hydrogens (tertiary/aromatic N) is 1. The smallest absolute Gasteiger partial charge is 0.151 e. The normalized spacial score (nSPS) is 25.6. The first kappa shape index (κ1) is 9.10. The zero-order valence-electron chi connectivity index (χ0n) is 7.99. The van der Waals surface area contributed by atoms with Gasteiger partial charge in [0.1, 0.15) is 17.5 Å². The van der Waals surface area contributed by atoms with Crippen molar-refractivity contribution in [1.29, 1.82) is 5.26 Å². The van der Waals surface area contributed by atoms with Crippen molar-refractivity contribution in [2.75, 3.05) is 7.11 Å². The van der Waals surface area contributed by atoms with E-state index in [1.165, 1.54) is 0 Å². The molecule has 0 radical (unpaired) electrons. The minimum absolute atomic E-state index is 0.261. The van der Waals surface area contributed by atoms with Crippen molar-refractivity contribution < 1.29 is 9.47 Å². The summed E-state index contributed by atoms with van der Waals surface area (Å²) >= 11 is 0. The van der Waals surface area contributed by atoms with Gasteiger partial charge in [-0.1, -0.05) is 0 Å². The molecular weight excluding hydrogens is 180 g/mol. The topological polar surface area (TPSA) is 54.3 Å². The summed E-state index contributed by atoms with van der Waals surface area (Å²) in [5, 5.41) is 11.7. The van der Waals surface area contributed by atoms with Crippen molar-refractivity contribution in [3.05, 3.63) is 23.6 Å². The Bertz CT molecular complexity index is 324. The van der Waals surface area contributed by atoms with Crippen LogP contribution in [0.25, 0.3) is 0 Å². The first-order valence-corrected chi connectivity index (χ1v) is 4.61. The van der Waals surface area contributed by atoms with Gasteiger partial charge < -0.3 is 14.8 Å². The molecule has 4 heteroatoms. The maximum absolute atomic E-state index is 8.75. The third-order valence-electron chi connectivity index (χ3n) is 2.10. The molecule has 1 N–H and O–H groups in total. The van der Waals surface area contributed by atoms with Gasteiger partial charge in [0.15, 0.2) is 6.23 Å².